The number of hydrogen-bond acceptors (Lipinski definition) is 2. The van der Waals surface area contributed by atoms with Crippen molar-refractivity contribution in [3.8, 4) is 0 Å². The molecular formula is C11H18ClNS. The Morgan fingerprint density at radius 1 is 1.50 bits per heavy atom. The van der Waals surface area contributed by atoms with Crippen LogP contribution in [0, 0.1) is 12.8 Å². The standard InChI is InChI=1S/C11H18ClNS/c1-5-13-10(7(2)3)11-9(12)8(4)6-14-11/h6-7,10,13H,5H2,1-4H3. The van der Waals surface area contributed by atoms with Gasteiger partial charge in [-0.2, -0.15) is 0 Å². The fourth-order valence-electron chi connectivity index (χ4n) is 1.51. The van der Waals surface area contributed by atoms with Crippen LogP contribution in [0.2, 0.25) is 5.02 Å². The molecule has 1 aromatic heterocycles. The fraction of sp³-hybridized carbons (Fsp3) is 0.636. The Balaban J connectivity index is 2.93. The fourth-order valence-corrected chi connectivity index (χ4v) is 3.07. The van der Waals surface area contributed by atoms with E-state index in [9.17, 15) is 0 Å². The number of thiophene rings is 1. The SMILES string of the molecule is CCNC(c1scc(C)c1Cl)C(C)C. The highest BCUT2D eigenvalue weighted by atomic mass is 35.5. The third-order valence-electron chi connectivity index (χ3n) is 2.30. The molecule has 1 rings (SSSR count). The molecule has 0 bridgehead atoms. The normalized spacial score (nSPS) is 13.6. The van der Waals surface area contributed by atoms with Crippen LogP contribution in [0.3, 0.4) is 0 Å². The van der Waals surface area contributed by atoms with E-state index in [1.807, 2.05) is 0 Å². The molecule has 0 aromatic carbocycles. The maximum atomic E-state index is 6.25. The Hall–Kier alpha value is -0.0500. The van der Waals surface area contributed by atoms with E-state index in [0.717, 1.165) is 11.6 Å². The van der Waals surface area contributed by atoms with Gasteiger partial charge in [0, 0.05) is 10.9 Å². The smallest absolute Gasteiger partial charge is 0.0590 e. The second kappa shape index (κ2) is 5.15. The van der Waals surface area contributed by atoms with E-state index in [0.29, 0.717) is 12.0 Å². The Morgan fingerprint density at radius 3 is 2.50 bits per heavy atom. The van der Waals surface area contributed by atoms with Gasteiger partial charge in [-0.25, -0.2) is 0 Å². The van der Waals surface area contributed by atoms with Crippen LogP contribution in [0.1, 0.15) is 37.3 Å². The van der Waals surface area contributed by atoms with Crippen molar-refractivity contribution in [1.29, 1.82) is 0 Å². The van der Waals surface area contributed by atoms with Gasteiger partial charge < -0.3 is 5.32 Å². The Kier molecular flexibility index (Phi) is 4.42. The first kappa shape index (κ1) is 12.0. The van der Waals surface area contributed by atoms with Crippen LogP contribution in [0.25, 0.3) is 0 Å². The largest absolute Gasteiger partial charge is 0.309 e. The number of aryl methyl sites for hydroxylation is 1. The van der Waals surface area contributed by atoms with Crippen molar-refractivity contribution in [2.45, 2.75) is 33.7 Å². The van der Waals surface area contributed by atoms with Gasteiger partial charge in [0.05, 0.1) is 5.02 Å². The molecule has 80 valence electrons. The molecular weight excluding hydrogens is 214 g/mol. The summed E-state index contributed by atoms with van der Waals surface area (Å²) < 4.78 is 0. The van der Waals surface area contributed by atoms with E-state index in [1.165, 1.54) is 10.4 Å². The maximum absolute atomic E-state index is 6.25. The van der Waals surface area contributed by atoms with Gasteiger partial charge in [-0.15, -0.1) is 11.3 Å². The second-order valence-corrected chi connectivity index (χ2v) is 5.17. The lowest BCUT2D eigenvalue weighted by molar-refractivity contribution is 0.428. The summed E-state index contributed by atoms with van der Waals surface area (Å²) >= 11 is 8.01. The summed E-state index contributed by atoms with van der Waals surface area (Å²) in [6.07, 6.45) is 0. The first-order valence-electron chi connectivity index (χ1n) is 5.04. The van der Waals surface area contributed by atoms with Gasteiger partial charge >= 0.3 is 0 Å². The van der Waals surface area contributed by atoms with E-state index in [4.69, 9.17) is 11.6 Å². The van der Waals surface area contributed by atoms with Crippen molar-refractivity contribution in [1.82, 2.24) is 5.32 Å². The predicted octanol–water partition coefficient (Wildman–Crippen LogP) is 4.02. The quantitative estimate of drug-likeness (QED) is 0.826. The molecule has 0 aliphatic rings. The summed E-state index contributed by atoms with van der Waals surface area (Å²) in [5.41, 5.74) is 1.19. The van der Waals surface area contributed by atoms with E-state index in [-0.39, 0.29) is 0 Å². The molecule has 0 saturated carbocycles. The van der Waals surface area contributed by atoms with Gasteiger partial charge in [-0.3, -0.25) is 0 Å². The summed E-state index contributed by atoms with van der Waals surface area (Å²) in [5.74, 6) is 0.575. The molecule has 1 heterocycles. The molecule has 1 N–H and O–H groups in total. The summed E-state index contributed by atoms with van der Waals surface area (Å²) in [6.45, 7) is 9.61. The van der Waals surface area contributed by atoms with Gasteiger partial charge in [-0.05, 0) is 30.3 Å². The monoisotopic (exact) mass is 231 g/mol. The van der Waals surface area contributed by atoms with Crippen LogP contribution in [-0.2, 0) is 0 Å². The van der Waals surface area contributed by atoms with Gasteiger partial charge in [-0.1, -0.05) is 32.4 Å². The van der Waals surface area contributed by atoms with Crippen LogP contribution < -0.4 is 5.32 Å². The van der Waals surface area contributed by atoms with E-state index >= 15 is 0 Å². The molecule has 0 saturated heterocycles. The van der Waals surface area contributed by atoms with Gasteiger partial charge in [0.15, 0.2) is 0 Å². The average molecular weight is 232 g/mol. The first-order valence-corrected chi connectivity index (χ1v) is 6.30. The van der Waals surface area contributed by atoms with E-state index < -0.39 is 0 Å². The van der Waals surface area contributed by atoms with E-state index in [2.05, 4.69) is 38.4 Å². The number of halogens is 1. The highest BCUT2D eigenvalue weighted by Gasteiger charge is 2.19. The van der Waals surface area contributed by atoms with Crippen LogP contribution in [0.15, 0.2) is 5.38 Å². The molecule has 0 aliphatic heterocycles. The Morgan fingerprint density at radius 2 is 2.14 bits per heavy atom. The van der Waals surface area contributed by atoms with Gasteiger partial charge in [0.1, 0.15) is 0 Å². The number of rotatable bonds is 4. The van der Waals surface area contributed by atoms with Crippen molar-refractivity contribution in [3.05, 3.63) is 20.8 Å². The molecule has 14 heavy (non-hydrogen) atoms. The predicted molar refractivity (Wildman–Crippen MR) is 65.3 cm³/mol. The Labute approximate surface area is 95.5 Å². The molecule has 0 spiro atoms. The number of nitrogens with one attached hydrogen (secondary N) is 1. The third kappa shape index (κ3) is 2.50. The van der Waals surface area contributed by atoms with Crippen molar-refractivity contribution in [3.63, 3.8) is 0 Å². The average Bonchev–Trinajstić information content (AvgIpc) is 2.44. The minimum absolute atomic E-state index is 0.395. The Bertz CT molecular complexity index is 293. The maximum Gasteiger partial charge on any atom is 0.0590 e. The van der Waals surface area contributed by atoms with Gasteiger partial charge in [0.25, 0.3) is 0 Å². The van der Waals surface area contributed by atoms with Crippen molar-refractivity contribution >= 4 is 22.9 Å². The molecule has 1 atom stereocenters. The first-order chi connectivity index (χ1) is 6.57. The molecule has 1 unspecified atom stereocenters. The number of hydrogen-bond donors (Lipinski definition) is 1. The third-order valence-corrected chi connectivity index (χ3v) is 4.10. The zero-order chi connectivity index (χ0) is 10.7. The summed E-state index contributed by atoms with van der Waals surface area (Å²) in [7, 11) is 0. The molecule has 0 fully saturated rings. The molecule has 1 aromatic rings. The molecule has 1 nitrogen and oxygen atoms in total. The lowest BCUT2D eigenvalue weighted by Crippen LogP contribution is -2.24. The highest BCUT2D eigenvalue weighted by molar-refractivity contribution is 7.10. The van der Waals surface area contributed by atoms with Crippen LogP contribution in [0.5, 0.6) is 0 Å². The van der Waals surface area contributed by atoms with E-state index in [1.54, 1.807) is 11.3 Å². The zero-order valence-electron chi connectivity index (χ0n) is 9.23. The zero-order valence-corrected chi connectivity index (χ0v) is 10.8. The minimum Gasteiger partial charge on any atom is -0.309 e. The van der Waals surface area contributed by atoms with Crippen molar-refractivity contribution in [2.75, 3.05) is 6.54 Å². The topological polar surface area (TPSA) is 12.0 Å². The van der Waals surface area contributed by atoms with Crippen LogP contribution in [-0.4, -0.2) is 6.54 Å². The van der Waals surface area contributed by atoms with Gasteiger partial charge in [0.2, 0.25) is 0 Å². The summed E-state index contributed by atoms with van der Waals surface area (Å²) in [6, 6.07) is 0.395. The van der Waals surface area contributed by atoms with Crippen LogP contribution >= 0.6 is 22.9 Å². The molecule has 3 heteroatoms. The van der Waals surface area contributed by atoms with Crippen molar-refractivity contribution < 1.29 is 0 Å². The molecule has 0 amide bonds. The molecule has 0 aliphatic carbocycles. The minimum atomic E-state index is 0.395. The van der Waals surface area contributed by atoms with Crippen LogP contribution in [0.4, 0.5) is 0 Å². The highest BCUT2D eigenvalue weighted by Crippen LogP contribution is 2.35. The lowest BCUT2D eigenvalue weighted by Gasteiger charge is -2.21. The van der Waals surface area contributed by atoms with Crippen molar-refractivity contribution in [2.24, 2.45) is 5.92 Å². The lowest BCUT2D eigenvalue weighted by atomic mass is 10.0. The second-order valence-electron chi connectivity index (χ2n) is 3.88. The molecule has 0 radical (unpaired) electrons. The summed E-state index contributed by atoms with van der Waals surface area (Å²) in [5, 5.41) is 6.55. The summed E-state index contributed by atoms with van der Waals surface area (Å²) in [4.78, 5) is 1.28.